The first-order valence-corrected chi connectivity index (χ1v) is 11.9. The first kappa shape index (κ1) is 27.8. The Balaban J connectivity index is 2.41. The first-order valence-electron chi connectivity index (χ1n) is 10.4. The smallest absolute Gasteiger partial charge is 0.387 e. The standard InChI is InChI=1S/C18H35F2O9P/c1-2-3-4-5-6-7-8-9-10-18(19,20)11-28-30(26,27)29-17-15(24)13(22)12(21)14(23)16(17)25/h12-17,21-25H,2-11H2,1H3,(H,26,27)/t12?,13-,14+,15-,16-,17?/m1/s1. The van der Waals surface area contributed by atoms with Crippen LogP contribution in [-0.2, 0) is 13.6 Å². The monoisotopic (exact) mass is 464 g/mol. The predicted molar refractivity (Wildman–Crippen MR) is 103 cm³/mol. The van der Waals surface area contributed by atoms with Crippen molar-refractivity contribution in [3.63, 3.8) is 0 Å². The van der Waals surface area contributed by atoms with Crippen molar-refractivity contribution in [1.82, 2.24) is 0 Å². The summed E-state index contributed by atoms with van der Waals surface area (Å²) in [6.45, 7) is 0.695. The van der Waals surface area contributed by atoms with Crippen LogP contribution >= 0.6 is 7.82 Å². The van der Waals surface area contributed by atoms with Gasteiger partial charge in [0, 0.05) is 6.42 Å². The van der Waals surface area contributed by atoms with Crippen LogP contribution in [0.1, 0.15) is 64.7 Å². The van der Waals surface area contributed by atoms with E-state index in [1.807, 2.05) is 0 Å². The molecule has 0 amide bonds. The van der Waals surface area contributed by atoms with Crippen LogP contribution in [0.5, 0.6) is 0 Å². The normalized spacial score (nSPS) is 32.2. The zero-order valence-electron chi connectivity index (χ0n) is 17.1. The molecule has 7 atom stereocenters. The van der Waals surface area contributed by atoms with Gasteiger partial charge in [0.1, 0.15) is 43.2 Å². The molecule has 0 aliphatic heterocycles. The number of aliphatic hydroxyl groups is 5. The fraction of sp³-hybridized carbons (Fsp3) is 1.00. The van der Waals surface area contributed by atoms with Crippen molar-refractivity contribution in [2.24, 2.45) is 0 Å². The SMILES string of the molecule is CCCCCCCCCCC(F)(F)COP(=O)(O)OC1[C@H](O)[C@H](O)C(O)[C@H](O)[C@H]1O. The molecule has 0 aromatic heterocycles. The van der Waals surface area contributed by atoms with E-state index in [9.17, 15) is 43.8 Å². The minimum absolute atomic E-state index is 0.219. The molecule has 0 aromatic carbocycles. The lowest BCUT2D eigenvalue weighted by atomic mass is 9.85. The van der Waals surface area contributed by atoms with Crippen LogP contribution in [0.3, 0.4) is 0 Å². The van der Waals surface area contributed by atoms with Gasteiger partial charge in [-0.1, -0.05) is 51.9 Å². The number of aliphatic hydroxyl groups excluding tert-OH is 5. The molecule has 1 saturated carbocycles. The number of phosphoric ester groups is 1. The Hall–Kier alpha value is -0.230. The lowest BCUT2D eigenvalue weighted by Gasteiger charge is -2.41. The summed E-state index contributed by atoms with van der Waals surface area (Å²) in [7, 11) is -5.17. The van der Waals surface area contributed by atoms with Gasteiger partial charge in [-0.15, -0.1) is 0 Å². The number of alkyl halides is 2. The summed E-state index contributed by atoms with van der Waals surface area (Å²) in [5.41, 5.74) is 0. The van der Waals surface area contributed by atoms with Gasteiger partial charge in [0.2, 0.25) is 0 Å². The Bertz CT molecular complexity index is 524. The van der Waals surface area contributed by atoms with E-state index in [1.54, 1.807) is 0 Å². The molecule has 1 aliphatic rings. The quantitative estimate of drug-likeness (QED) is 0.165. The molecule has 1 rings (SSSR count). The third-order valence-electron chi connectivity index (χ3n) is 5.16. The molecule has 30 heavy (non-hydrogen) atoms. The summed E-state index contributed by atoms with van der Waals surface area (Å²) in [6, 6.07) is 0. The van der Waals surface area contributed by atoms with E-state index >= 15 is 0 Å². The van der Waals surface area contributed by atoms with Crippen molar-refractivity contribution in [2.75, 3.05) is 6.61 Å². The van der Waals surface area contributed by atoms with Gasteiger partial charge >= 0.3 is 7.82 Å². The van der Waals surface area contributed by atoms with E-state index < -0.39 is 63.4 Å². The molecule has 0 heterocycles. The molecule has 9 nitrogen and oxygen atoms in total. The summed E-state index contributed by atoms with van der Waals surface area (Å²) >= 11 is 0. The molecule has 12 heteroatoms. The highest BCUT2D eigenvalue weighted by atomic mass is 31.2. The van der Waals surface area contributed by atoms with Gasteiger partial charge in [0.05, 0.1) is 0 Å². The van der Waals surface area contributed by atoms with Gasteiger partial charge in [0.25, 0.3) is 5.92 Å². The minimum Gasteiger partial charge on any atom is -0.387 e. The van der Waals surface area contributed by atoms with Crippen molar-refractivity contribution < 1.29 is 52.8 Å². The zero-order chi connectivity index (χ0) is 22.9. The lowest BCUT2D eigenvalue weighted by Crippen LogP contribution is -2.64. The second-order valence-corrected chi connectivity index (χ2v) is 9.25. The maximum atomic E-state index is 13.9. The van der Waals surface area contributed by atoms with Gasteiger partial charge < -0.3 is 30.4 Å². The molecule has 0 aromatic rings. The van der Waals surface area contributed by atoms with Crippen LogP contribution in [0.4, 0.5) is 8.78 Å². The molecule has 6 N–H and O–H groups in total. The van der Waals surface area contributed by atoms with Crippen LogP contribution in [0.2, 0.25) is 0 Å². The summed E-state index contributed by atoms with van der Waals surface area (Å²) in [6.07, 6.45) is -5.48. The average molecular weight is 464 g/mol. The Labute approximate surface area is 175 Å². The molecule has 1 aliphatic carbocycles. The number of hydrogen-bond acceptors (Lipinski definition) is 8. The molecule has 0 saturated heterocycles. The molecule has 3 unspecified atom stereocenters. The van der Waals surface area contributed by atoms with Crippen molar-refractivity contribution in [3.05, 3.63) is 0 Å². The summed E-state index contributed by atoms with van der Waals surface area (Å²) in [4.78, 5) is 9.65. The van der Waals surface area contributed by atoms with E-state index in [1.165, 1.54) is 0 Å². The zero-order valence-corrected chi connectivity index (χ0v) is 18.0. The Morgan fingerprint density at radius 1 is 0.800 bits per heavy atom. The molecular formula is C18H35F2O9P. The maximum absolute atomic E-state index is 13.9. The average Bonchev–Trinajstić information content (AvgIpc) is 2.69. The highest BCUT2D eigenvalue weighted by Crippen LogP contribution is 2.48. The summed E-state index contributed by atoms with van der Waals surface area (Å²) < 4.78 is 48.6. The molecule has 1 fully saturated rings. The molecular weight excluding hydrogens is 429 g/mol. The van der Waals surface area contributed by atoms with Crippen molar-refractivity contribution >= 4 is 7.82 Å². The summed E-state index contributed by atoms with van der Waals surface area (Å²) in [5.74, 6) is -3.39. The van der Waals surface area contributed by atoms with E-state index in [-0.39, 0.29) is 6.42 Å². The van der Waals surface area contributed by atoms with Crippen LogP contribution in [0.25, 0.3) is 0 Å². The van der Waals surface area contributed by atoms with Crippen LogP contribution < -0.4 is 0 Å². The van der Waals surface area contributed by atoms with Gasteiger partial charge in [-0.25, -0.2) is 13.3 Å². The number of phosphoric acid groups is 1. The van der Waals surface area contributed by atoms with E-state index in [4.69, 9.17) is 0 Å². The topological polar surface area (TPSA) is 157 Å². The van der Waals surface area contributed by atoms with Gasteiger partial charge in [0.15, 0.2) is 0 Å². The largest absolute Gasteiger partial charge is 0.472 e. The lowest BCUT2D eigenvalue weighted by molar-refractivity contribution is -0.220. The second kappa shape index (κ2) is 12.7. The highest BCUT2D eigenvalue weighted by molar-refractivity contribution is 7.47. The first-order chi connectivity index (χ1) is 13.9. The summed E-state index contributed by atoms with van der Waals surface area (Å²) in [5, 5.41) is 48.2. The third kappa shape index (κ3) is 9.10. The predicted octanol–water partition coefficient (Wildman–Crippen LogP) is 1.47. The number of unbranched alkanes of at least 4 members (excludes halogenated alkanes) is 7. The Morgan fingerprint density at radius 2 is 1.23 bits per heavy atom. The second-order valence-electron chi connectivity index (χ2n) is 7.85. The molecule has 0 radical (unpaired) electrons. The Morgan fingerprint density at radius 3 is 1.73 bits per heavy atom. The van der Waals surface area contributed by atoms with Crippen molar-refractivity contribution in [3.8, 4) is 0 Å². The van der Waals surface area contributed by atoms with Gasteiger partial charge in [-0.2, -0.15) is 0 Å². The third-order valence-corrected chi connectivity index (χ3v) is 6.13. The number of rotatable bonds is 14. The van der Waals surface area contributed by atoms with E-state index in [2.05, 4.69) is 16.0 Å². The number of hydrogen-bond donors (Lipinski definition) is 6. The highest BCUT2D eigenvalue weighted by Gasteiger charge is 2.51. The van der Waals surface area contributed by atoms with Crippen LogP contribution in [0, 0.1) is 0 Å². The maximum Gasteiger partial charge on any atom is 0.472 e. The molecule has 180 valence electrons. The van der Waals surface area contributed by atoms with Gasteiger partial charge in [-0.05, 0) is 6.42 Å². The number of halogens is 2. The molecule has 0 bridgehead atoms. The fourth-order valence-electron chi connectivity index (χ4n) is 3.27. The van der Waals surface area contributed by atoms with E-state index in [0.29, 0.717) is 6.42 Å². The van der Waals surface area contributed by atoms with Gasteiger partial charge in [-0.3, -0.25) is 9.05 Å². The van der Waals surface area contributed by atoms with E-state index in [0.717, 1.165) is 38.5 Å². The Kier molecular flexibility index (Phi) is 11.8. The minimum atomic E-state index is -5.17. The van der Waals surface area contributed by atoms with Crippen molar-refractivity contribution in [2.45, 2.75) is 107 Å². The van der Waals surface area contributed by atoms with Crippen LogP contribution in [-0.4, -0.2) is 79.6 Å². The van der Waals surface area contributed by atoms with Crippen molar-refractivity contribution in [1.29, 1.82) is 0 Å². The molecule has 0 spiro atoms. The van der Waals surface area contributed by atoms with Crippen LogP contribution in [0.15, 0.2) is 0 Å². The fourth-order valence-corrected chi connectivity index (χ4v) is 4.24.